The van der Waals surface area contributed by atoms with Crippen molar-refractivity contribution in [1.82, 2.24) is 0 Å². The second kappa shape index (κ2) is 4.03. The first-order chi connectivity index (χ1) is 7.40. The Labute approximate surface area is 99.3 Å². The lowest BCUT2D eigenvalue weighted by atomic mass is 9.52. The number of fused-ring (bicyclic) bond motifs is 1. The Hall–Kier alpha value is -0.560. The molecule has 0 aromatic carbocycles. The third kappa shape index (κ3) is 2.10. The van der Waals surface area contributed by atoms with Crippen molar-refractivity contribution in [2.45, 2.75) is 52.1 Å². The van der Waals surface area contributed by atoms with Crippen LogP contribution in [0.1, 0.15) is 46.0 Å². The number of aliphatic hydroxyl groups is 1. The Bertz CT molecular complexity index is 313. The monoisotopic (exact) mass is 220 g/mol. The fourth-order valence-corrected chi connectivity index (χ4v) is 3.59. The highest BCUT2D eigenvalue weighted by Crippen LogP contribution is 2.56. The molecule has 1 nitrogen and oxygen atoms in total. The summed E-state index contributed by atoms with van der Waals surface area (Å²) >= 11 is 0. The molecule has 3 atom stereocenters. The molecule has 0 unspecified atom stereocenters. The minimum absolute atomic E-state index is 0.248. The van der Waals surface area contributed by atoms with Crippen LogP contribution in [0.2, 0.25) is 0 Å². The van der Waals surface area contributed by atoms with Gasteiger partial charge in [0.1, 0.15) is 0 Å². The van der Waals surface area contributed by atoms with Crippen LogP contribution in [0.3, 0.4) is 0 Å². The molecule has 0 aromatic rings. The third-order valence-electron chi connectivity index (χ3n) is 4.59. The van der Waals surface area contributed by atoms with E-state index in [0.717, 1.165) is 25.2 Å². The highest BCUT2D eigenvalue weighted by molar-refractivity contribution is 5.16. The van der Waals surface area contributed by atoms with Crippen LogP contribution in [0.25, 0.3) is 0 Å². The molecule has 0 spiro atoms. The predicted octanol–water partition coefficient (Wildman–Crippen LogP) is 3.70. The van der Waals surface area contributed by atoms with Gasteiger partial charge in [0.2, 0.25) is 0 Å². The first-order valence-electron chi connectivity index (χ1n) is 6.42. The SMILES string of the molecule is C=C1CC[C@@H]2[C@H](CC2(C)C)C(=C)C[C@@H](O)C1. The van der Waals surface area contributed by atoms with Crippen molar-refractivity contribution in [1.29, 1.82) is 0 Å². The second-order valence-corrected chi connectivity index (χ2v) is 6.41. The second-order valence-electron chi connectivity index (χ2n) is 6.41. The summed E-state index contributed by atoms with van der Waals surface area (Å²) in [7, 11) is 0. The maximum absolute atomic E-state index is 9.92. The van der Waals surface area contributed by atoms with Gasteiger partial charge in [0.05, 0.1) is 6.10 Å². The largest absolute Gasteiger partial charge is 0.392 e. The van der Waals surface area contributed by atoms with Crippen molar-refractivity contribution >= 4 is 0 Å². The van der Waals surface area contributed by atoms with Crippen LogP contribution in [0.4, 0.5) is 0 Å². The predicted molar refractivity (Wildman–Crippen MR) is 68.1 cm³/mol. The molecule has 16 heavy (non-hydrogen) atoms. The summed E-state index contributed by atoms with van der Waals surface area (Å²) in [5.74, 6) is 1.40. The highest BCUT2D eigenvalue weighted by atomic mass is 16.3. The first-order valence-corrected chi connectivity index (χ1v) is 6.42. The molecule has 0 aliphatic heterocycles. The molecular weight excluding hydrogens is 196 g/mol. The summed E-state index contributed by atoms with van der Waals surface area (Å²) in [6.07, 6.45) is 4.84. The summed E-state index contributed by atoms with van der Waals surface area (Å²) in [5.41, 5.74) is 2.94. The lowest BCUT2D eigenvalue weighted by molar-refractivity contribution is 0.00235. The Morgan fingerprint density at radius 2 is 1.94 bits per heavy atom. The average Bonchev–Trinajstić information content (AvgIpc) is 2.16. The van der Waals surface area contributed by atoms with Gasteiger partial charge in [0, 0.05) is 0 Å². The van der Waals surface area contributed by atoms with E-state index in [-0.39, 0.29) is 6.10 Å². The first kappa shape index (κ1) is 11.9. The van der Waals surface area contributed by atoms with Gasteiger partial charge in [0.15, 0.2) is 0 Å². The van der Waals surface area contributed by atoms with E-state index in [2.05, 4.69) is 27.0 Å². The normalized spacial score (nSPS) is 39.1. The zero-order valence-electron chi connectivity index (χ0n) is 10.6. The molecule has 1 N–H and O–H groups in total. The van der Waals surface area contributed by atoms with Gasteiger partial charge in [0.25, 0.3) is 0 Å². The summed E-state index contributed by atoms with van der Waals surface area (Å²) in [6, 6.07) is 0. The van der Waals surface area contributed by atoms with Crippen LogP contribution in [0.15, 0.2) is 24.3 Å². The average molecular weight is 220 g/mol. The van der Waals surface area contributed by atoms with Gasteiger partial charge in [-0.15, -0.1) is 0 Å². The van der Waals surface area contributed by atoms with Crippen molar-refractivity contribution in [3.05, 3.63) is 24.3 Å². The van der Waals surface area contributed by atoms with Crippen molar-refractivity contribution in [2.24, 2.45) is 17.3 Å². The topological polar surface area (TPSA) is 20.2 Å². The minimum atomic E-state index is -0.248. The van der Waals surface area contributed by atoms with Crippen LogP contribution >= 0.6 is 0 Å². The maximum atomic E-state index is 9.92. The van der Waals surface area contributed by atoms with E-state index >= 15 is 0 Å². The number of rotatable bonds is 0. The van der Waals surface area contributed by atoms with Crippen LogP contribution in [-0.2, 0) is 0 Å². The van der Waals surface area contributed by atoms with Gasteiger partial charge >= 0.3 is 0 Å². The summed E-state index contributed by atoms with van der Waals surface area (Å²) in [4.78, 5) is 0. The molecule has 2 aliphatic carbocycles. The lowest BCUT2D eigenvalue weighted by Gasteiger charge is -2.53. The Kier molecular flexibility index (Phi) is 3.00. The Morgan fingerprint density at radius 3 is 2.56 bits per heavy atom. The van der Waals surface area contributed by atoms with E-state index < -0.39 is 0 Å². The molecule has 0 radical (unpaired) electrons. The molecule has 0 amide bonds. The van der Waals surface area contributed by atoms with E-state index in [1.165, 1.54) is 24.0 Å². The number of aliphatic hydroxyl groups excluding tert-OH is 1. The van der Waals surface area contributed by atoms with Crippen molar-refractivity contribution in [3.63, 3.8) is 0 Å². The van der Waals surface area contributed by atoms with E-state index in [1.807, 2.05) is 0 Å². The lowest BCUT2D eigenvalue weighted by Crippen LogP contribution is -2.44. The van der Waals surface area contributed by atoms with Crippen LogP contribution < -0.4 is 0 Å². The molecule has 2 aliphatic rings. The third-order valence-corrected chi connectivity index (χ3v) is 4.59. The molecular formula is C15H24O. The quantitative estimate of drug-likeness (QED) is 0.617. The van der Waals surface area contributed by atoms with Gasteiger partial charge in [-0.3, -0.25) is 0 Å². The summed E-state index contributed by atoms with van der Waals surface area (Å²) in [6.45, 7) is 13.0. The van der Waals surface area contributed by atoms with Gasteiger partial charge in [-0.1, -0.05) is 38.2 Å². The van der Waals surface area contributed by atoms with Gasteiger partial charge in [-0.2, -0.15) is 0 Å². The molecule has 1 heteroatoms. The summed E-state index contributed by atoms with van der Waals surface area (Å²) in [5, 5.41) is 9.92. The number of hydrogen-bond acceptors (Lipinski definition) is 1. The maximum Gasteiger partial charge on any atom is 0.0614 e. The van der Waals surface area contributed by atoms with Gasteiger partial charge in [-0.05, 0) is 49.4 Å². The van der Waals surface area contributed by atoms with Crippen LogP contribution in [-0.4, -0.2) is 11.2 Å². The fraction of sp³-hybridized carbons (Fsp3) is 0.733. The molecule has 0 aromatic heterocycles. The molecule has 2 rings (SSSR count). The van der Waals surface area contributed by atoms with E-state index in [1.54, 1.807) is 0 Å². The zero-order valence-corrected chi connectivity index (χ0v) is 10.6. The van der Waals surface area contributed by atoms with Gasteiger partial charge in [-0.25, -0.2) is 0 Å². The highest BCUT2D eigenvalue weighted by Gasteiger charge is 2.47. The van der Waals surface area contributed by atoms with Crippen molar-refractivity contribution in [3.8, 4) is 0 Å². The molecule has 2 saturated carbocycles. The Balaban J connectivity index is 2.13. The van der Waals surface area contributed by atoms with E-state index in [0.29, 0.717) is 11.3 Å². The van der Waals surface area contributed by atoms with E-state index in [9.17, 15) is 5.11 Å². The fourth-order valence-electron chi connectivity index (χ4n) is 3.59. The zero-order chi connectivity index (χ0) is 11.9. The minimum Gasteiger partial charge on any atom is -0.392 e. The molecule has 0 saturated heterocycles. The van der Waals surface area contributed by atoms with Crippen molar-refractivity contribution < 1.29 is 5.11 Å². The smallest absolute Gasteiger partial charge is 0.0614 e. The molecule has 0 heterocycles. The standard InChI is InChI=1S/C15H24O/c1-10-5-6-14-13(9-15(14,3)4)11(2)8-12(16)7-10/h12-14,16H,1-2,5-9H2,3-4H3/t12-,13+,14+/m0/s1. The molecule has 90 valence electrons. The van der Waals surface area contributed by atoms with E-state index in [4.69, 9.17) is 0 Å². The molecule has 0 bridgehead atoms. The Morgan fingerprint density at radius 1 is 1.25 bits per heavy atom. The van der Waals surface area contributed by atoms with Crippen molar-refractivity contribution in [2.75, 3.05) is 0 Å². The van der Waals surface area contributed by atoms with Crippen LogP contribution in [0.5, 0.6) is 0 Å². The van der Waals surface area contributed by atoms with Crippen LogP contribution in [0, 0.1) is 17.3 Å². The molecule has 2 fully saturated rings. The summed E-state index contributed by atoms with van der Waals surface area (Å²) < 4.78 is 0. The number of hydrogen-bond donors (Lipinski definition) is 1. The van der Waals surface area contributed by atoms with Gasteiger partial charge < -0.3 is 5.11 Å².